The average molecular weight is 412 g/mol. The first-order chi connectivity index (χ1) is 14.8. The molecule has 0 saturated carbocycles. The molecule has 0 unspecified atom stereocenters. The molecule has 0 fully saturated rings. The molecule has 31 heavy (non-hydrogen) atoms. The van der Waals surface area contributed by atoms with Gasteiger partial charge >= 0.3 is 0 Å². The molecule has 0 aliphatic carbocycles. The van der Waals surface area contributed by atoms with E-state index in [1.807, 2.05) is 42.5 Å². The summed E-state index contributed by atoms with van der Waals surface area (Å²) in [5.41, 5.74) is 3.64. The van der Waals surface area contributed by atoms with E-state index in [9.17, 15) is 4.79 Å². The Bertz CT molecular complexity index is 1190. The quantitative estimate of drug-likeness (QED) is 0.546. The van der Waals surface area contributed by atoms with E-state index in [0.717, 1.165) is 5.56 Å². The van der Waals surface area contributed by atoms with Gasteiger partial charge in [0, 0.05) is 35.3 Å². The molecule has 3 aromatic rings. The van der Waals surface area contributed by atoms with Crippen LogP contribution in [0.3, 0.4) is 0 Å². The number of nitrogens with zero attached hydrogens (tertiary/aromatic N) is 2. The molecule has 6 nitrogen and oxygen atoms in total. The molecule has 2 heterocycles. The number of hydrogen-bond donors (Lipinski definition) is 2. The first-order valence-electron chi connectivity index (χ1n) is 9.98. The number of hydrogen-bond acceptors (Lipinski definition) is 5. The van der Waals surface area contributed by atoms with Crippen molar-refractivity contribution >= 4 is 29.3 Å². The summed E-state index contributed by atoms with van der Waals surface area (Å²) >= 11 is 0. The number of ether oxygens (including phenoxy) is 1. The van der Waals surface area contributed by atoms with E-state index >= 15 is 0 Å². The highest BCUT2D eigenvalue weighted by atomic mass is 16.5. The summed E-state index contributed by atoms with van der Waals surface area (Å²) in [6.07, 6.45) is 3.25. The van der Waals surface area contributed by atoms with Crippen molar-refractivity contribution in [3.8, 4) is 11.5 Å². The van der Waals surface area contributed by atoms with Gasteiger partial charge < -0.3 is 15.4 Å². The highest BCUT2D eigenvalue weighted by Crippen LogP contribution is 2.38. The first-order valence-corrected chi connectivity index (χ1v) is 9.98. The first kappa shape index (κ1) is 20.3. The van der Waals surface area contributed by atoms with Gasteiger partial charge in [-0.1, -0.05) is 45.5 Å². The lowest BCUT2D eigenvalue weighted by molar-refractivity contribution is 0.102. The van der Waals surface area contributed by atoms with Gasteiger partial charge in [-0.25, -0.2) is 9.98 Å². The van der Waals surface area contributed by atoms with Crippen molar-refractivity contribution in [1.82, 2.24) is 4.98 Å². The Labute approximate surface area is 181 Å². The summed E-state index contributed by atoms with van der Waals surface area (Å²) in [5.74, 6) is 1.52. The predicted octanol–water partition coefficient (Wildman–Crippen LogP) is 6.07. The second-order valence-electron chi connectivity index (χ2n) is 8.33. The molecule has 0 radical (unpaired) electrons. The number of anilines is 2. The van der Waals surface area contributed by atoms with Crippen molar-refractivity contribution in [2.24, 2.45) is 4.99 Å². The van der Waals surface area contributed by atoms with Crippen LogP contribution in [0.2, 0.25) is 0 Å². The maximum Gasteiger partial charge on any atom is 0.255 e. The van der Waals surface area contributed by atoms with E-state index in [1.165, 1.54) is 0 Å². The fraction of sp³-hybridized carbons (Fsp3) is 0.160. The molecule has 2 N–H and O–H groups in total. The van der Waals surface area contributed by atoms with Gasteiger partial charge in [-0.15, -0.1) is 0 Å². The summed E-state index contributed by atoms with van der Waals surface area (Å²) in [4.78, 5) is 21.3. The molecule has 0 saturated heterocycles. The standard InChI is InChI=1S/C25H24N4O2/c1-16-15-27-23-22(28-16)21(11-12-26-23)31-20-10-6-9-19(14-20)29-24(30)17-7-5-8-18(13-17)25(2,3)4/h5-15,28H,1H2,2-4H3,(H,29,30). The number of rotatable bonds is 4. The lowest BCUT2D eigenvalue weighted by Crippen LogP contribution is -2.15. The Hall–Kier alpha value is -3.93. The molecular weight excluding hydrogens is 388 g/mol. The normalized spacial score (nSPS) is 12.7. The number of carbonyl (C=O) groups is 1. The third-order valence-electron chi connectivity index (χ3n) is 4.83. The second-order valence-corrected chi connectivity index (χ2v) is 8.33. The number of aliphatic imine (C=N–C) groups is 1. The van der Waals surface area contributed by atoms with Gasteiger partial charge in [0.25, 0.3) is 5.91 Å². The Balaban J connectivity index is 1.53. The van der Waals surface area contributed by atoms with E-state index in [-0.39, 0.29) is 11.3 Å². The van der Waals surface area contributed by atoms with Crippen molar-refractivity contribution in [3.05, 3.63) is 84.2 Å². The number of benzene rings is 2. The maximum absolute atomic E-state index is 12.8. The average Bonchev–Trinajstić information content (AvgIpc) is 2.74. The van der Waals surface area contributed by atoms with Crippen LogP contribution in [-0.4, -0.2) is 17.1 Å². The highest BCUT2D eigenvalue weighted by molar-refractivity contribution is 6.04. The molecule has 1 aromatic heterocycles. The third kappa shape index (κ3) is 4.64. The van der Waals surface area contributed by atoms with E-state index in [1.54, 1.807) is 24.5 Å². The van der Waals surface area contributed by atoms with Gasteiger partial charge in [0.15, 0.2) is 11.6 Å². The van der Waals surface area contributed by atoms with Gasteiger partial charge in [0.05, 0.1) is 6.21 Å². The van der Waals surface area contributed by atoms with E-state index in [4.69, 9.17) is 4.74 Å². The predicted molar refractivity (Wildman–Crippen MR) is 125 cm³/mol. The number of carbonyl (C=O) groups excluding carboxylic acids is 1. The molecule has 1 aliphatic heterocycles. The molecule has 4 rings (SSSR count). The fourth-order valence-corrected chi connectivity index (χ4v) is 3.16. The minimum absolute atomic E-state index is 0.0306. The molecule has 0 bridgehead atoms. The minimum atomic E-state index is -0.170. The monoisotopic (exact) mass is 412 g/mol. The van der Waals surface area contributed by atoms with Crippen LogP contribution in [0, 0.1) is 0 Å². The van der Waals surface area contributed by atoms with Crippen molar-refractivity contribution < 1.29 is 9.53 Å². The number of nitrogens with one attached hydrogen (secondary N) is 2. The van der Waals surface area contributed by atoms with Crippen molar-refractivity contribution in [1.29, 1.82) is 0 Å². The van der Waals surface area contributed by atoms with Crippen LogP contribution in [-0.2, 0) is 5.41 Å². The molecule has 2 aromatic carbocycles. The molecule has 1 amide bonds. The lowest BCUT2D eigenvalue weighted by Gasteiger charge is -2.19. The van der Waals surface area contributed by atoms with Crippen LogP contribution < -0.4 is 15.4 Å². The van der Waals surface area contributed by atoms with E-state index in [0.29, 0.717) is 40.0 Å². The van der Waals surface area contributed by atoms with Crippen LogP contribution in [0.4, 0.5) is 17.2 Å². The zero-order valence-electron chi connectivity index (χ0n) is 17.8. The SMILES string of the molecule is C=C1C=Nc2nccc(Oc3cccc(NC(=O)c4cccc(C(C)(C)C)c4)c3)c2N1. The summed E-state index contributed by atoms with van der Waals surface area (Å²) in [7, 11) is 0. The lowest BCUT2D eigenvalue weighted by atomic mass is 9.86. The number of amides is 1. The number of allylic oxidation sites excluding steroid dienone is 1. The highest BCUT2D eigenvalue weighted by Gasteiger charge is 2.17. The van der Waals surface area contributed by atoms with Gasteiger partial charge in [-0.2, -0.15) is 0 Å². The van der Waals surface area contributed by atoms with Gasteiger partial charge in [-0.3, -0.25) is 4.79 Å². The second kappa shape index (κ2) is 8.07. The summed E-state index contributed by atoms with van der Waals surface area (Å²) in [6.45, 7) is 10.2. The van der Waals surface area contributed by atoms with E-state index in [2.05, 4.69) is 48.0 Å². The summed E-state index contributed by atoms with van der Waals surface area (Å²) < 4.78 is 6.05. The van der Waals surface area contributed by atoms with Crippen LogP contribution in [0.25, 0.3) is 0 Å². The maximum atomic E-state index is 12.8. The molecule has 0 spiro atoms. The van der Waals surface area contributed by atoms with Gasteiger partial charge in [-0.05, 0) is 35.2 Å². The Kier molecular flexibility index (Phi) is 5.29. The number of pyridine rings is 1. The topological polar surface area (TPSA) is 75.6 Å². The van der Waals surface area contributed by atoms with Crippen molar-refractivity contribution in [2.75, 3.05) is 10.6 Å². The van der Waals surface area contributed by atoms with Crippen molar-refractivity contribution in [2.45, 2.75) is 26.2 Å². The van der Waals surface area contributed by atoms with Crippen LogP contribution in [0.15, 0.2) is 78.1 Å². The third-order valence-corrected chi connectivity index (χ3v) is 4.83. The number of fused-ring (bicyclic) bond motifs is 1. The van der Waals surface area contributed by atoms with Crippen molar-refractivity contribution in [3.63, 3.8) is 0 Å². The van der Waals surface area contributed by atoms with Gasteiger partial charge in [0.1, 0.15) is 11.4 Å². The van der Waals surface area contributed by atoms with Crippen LogP contribution >= 0.6 is 0 Å². The molecule has 6 heteroatoms. The zero-order chi connectivity index (χ0) is 22.0. The Morgan fingerprint density at radius 1 is 1.10 bits per heavy atom. The molecule has 0 atom stereocenters. The largest absolute Gasteiger partial charge is 0.455 e. The fourth-order valence-electron chi connectivity index (χ4n) is 3.16. The molecule has 1 aliphatic rings. The summed E-state index contributed by atoms with van der Waals surface area (Å²) in [6, 6.07) is 16.7. The molecule has 156 valence electrons. The summed E-state index contributed by atoms with van der Waals surface area (Å²) in [5, 5.41) is 6.08. The minimum Gasteiger partial charge on any atom is -0.455 e. The van der Waals surface area contributed by atoms with Crippen LogP contribution in [0.1, 0.15) is 36.7 Å². The van der Waals surface area contributed by atoms with Crippen LogP contribution in [0.5, 0.6) is 11.5 Å². The number of aromatic nitrogens is 1. The van der Waals surface area contributed by atoms with E-state index < -0.39 is 0 Å². The Morgan fingerprint density at radius 2 is 1.90 bits per heavy atom. The smallest absolute Gasteiger partial charge is 0.255 e. The zero-order valence-corrected chi connectivity index (χ0v) is 17.8. The van der Waals surface area contributed by atoms with Gasteiger partial charge in [0.2, 0.25) is 0 Å². The Morgan fingerprint density at radius 3 is 2.71 bits per heavy atom. The molecular formula is C25H24N4O2.